The van der Waals surface area contributed by atoms with Crippen LogP contribution in [0.25, 0.3) is 17.0 Å². The summed E-state index contributed by atoms with van der Waals surface area (Å²) in [5.74, 6) is -1.46. The van der Waals surface area contributed by atoms with E-state index >= 15 is 0 Å². The van der Waals surface area contributed by atoms with Gasteiger partial charge in [0.1, 0.15) is 11.5 Å². The lowest BCUT2D eigenvalue weighted by atomic mass is 10.1. The fourth-order valence-electron chi connectivity index (χ4n) is 2.24. The number of amides is 1. The summed E-state index contributed by atoms with van der Waals surface area (Å²) in [6.45, 7) is 3.69. The second-order valence-corrected chi connectivity index (χ2v) is 5.58. The molecule has 1 amide bonds. The summed E-state index contributed by atoms with van der Waals surface area (Å²) in [5.41, 5.74) is 7.38. The Morgan fingerprint density at radius 3 is 2.52 bits per heavy atom. The maximum Gasteiger partial charge on any atom is 0.271 e. The summed E-state index contributed by atoms with van der Waals surface area (Å²) >= 11 is 5.76. The molecule has 0 unspecified atom stereocenters. The molecule has 0 atom stereocenters. The molecule has 0 spiro atoms. The molecule has 7 heteroatoms. The number of nitrogens with two attached hydrogens (primary N) is 1. The van der Waals surface area contributed by atoms with Crippen molar-refractivity contribution in [1.82, 2.24) is 10.2 Å². The molecule has 0 saturated carbocycles. The summed E-state index contributed by atoms with van der Waals surface area (Å²) < 4.78 is 13.9. The first-order chi connectivity index (χ1) is 12.0. The first-order valence-corrected chi connectivity index (χ1v) is 7.59. The minimum Gasteiger partial charge on any atom is -0.364 e. The molecule has 5 nitrogen and oxygen atoms in total. The minimum absolute atomic E-state index is 0.0939. The lowest BCUT2D eigenvalue weighted by Gasteiger charge is -2.06. The molecule has 2 N–H and O–H groups in total. The lowest BCUT2D eigenvalue weighted by Crippen LogP contribution is -2.14. The van der Waals surface area contributed by atoms with Crippen LogP contribution in [0.2, 0.25) is 5.02 Å². The Bertz CT molecular complexity index is 1020. The SMILES string of the molecule is C=Cc1ccc(C=Nc2c(C(N)=O)nnc3cc(Cl)c(F)cc23)cc1. The van der Waals surface area contributed by atoms with Crippen LogP contribution in [-0.4, -0.2) is 22.3 Å². The number of benzene rings is 2. The van der Waals surface area contributed by atoms with Crippen molar-refractivity contribution in [3.05, 3.63) is 70.6 Å². The smallest absolute Gasteiger partial charge is 0.271 e. The van der Waals surface area contributed by atoms with E-state index in [0.29, 0.717) is 10.9 Å². The molecular weight excluding hydrogens is 343 g/mol. The van der Waals surface area contributed by atoms with E-state index in [1.165, 1.54) is 12.3 Å². The van der Waals surface area contributed by atoms with Crippen molar-refractivity contribution in [2.75, 3.05) is 0 Å². The van der Waals surface area contributed by atoms with Gasteiger partial charge >= 0.3 is 0 Å². The number of carbonyl (C=O) groups excluding carboxylic acids is 1. The quantitative estimate of drug-likeness (QED) is 0.721. The van der Waals surface area contributed by atoms with E-state index < -0.39 is 11.7 Å². The molecule has 124 valence electrons. The Balaban J connectivity index is 2.15. The summed E-state index contributed by atoms with van der Waals surface area (Å²) in [4.78, 5) is 15.9. The van der Waals surface area contributed by atoms with E-state index in [-0.39, 0.29) is 16.4 Å². The number of rotatable bonds is 4. The number of fused-ring (bicyclic) bond motifs is 1. The average Bonchev–Trinajstić information content (AvgIpc) is 2.61. The van der Waals surface area contributed by atoms with Crippen LogP contribution in [0.4, 0.5) is 10.1 Å². The van der Waals surface area contributed by atoms with Crippen molar-refractivity contribution < 1.29 is 9.18 Å². The molecule has 0 radical (unpaired) electrons. The van der Waals surface area contributed by atoms with E-state index in [9.17, 15) is 9.18 Å². The number of halogens is 2. The predicted octanol–water partition coefficient (Wildman–Crippen LogP) is 3.91. The predicted molar refractivity (Wildman–Crippen MR) is 96.8 cm³/mol. The third-order valence-corrected chi connectivity index (χ3v) is 3.81. The van der Waals surface area contributed by atoms with Gasteiger partial charge in [0.15, 0.2) is 5.69 Å². The van der Waals surface area contributed by atoms with Gasteiger partial charge in [-0.15, -0.1) is 10.2 Å². The van der Waals surface area contributed by atoms with Crippen molar-refractivity contribution in [2.45, 2.75) is 0 Å². The molecule has 1 aromatic heterocycles. The Labute approximate surface area is 147 Å². The van der Waals surface area contributed by atoms with Crippen molar-refractivity contribution >= 4 is 46.4 Å². The molecular formula is C18H12ClFN4O. The van der Waals surface area contributed by atoms with Crippen molar-refractivity contribution in [1.29, 1.82) is 0 Å². The van der Waals surface area contributed by atoms with E-state index in [1.54, 1.807) is 6.08 Å². The molecule has 25 heavy (non-hydrogen) atoms. The largest absolute Gasteiger partial charge is 0.364 e. The minimum atomic E-state index is -0.807. The Morgan fingerprint density at radius 2 is 1.88 bits per heavy atom. The van der Waals surface area contributed by atoms with Crippen LogP contribution >= 0.6 is 11.6 Å². The number of aromatic nitrogens is 2. The monoisotopic (exact) mass is 354 g/mol. The molecule has 0 bridgehead atoms. The Hall–Kier alpha value is -3.12. The average molecular weight is 355 g/mol. The summed E-state index contributed by atoms with van der Waals surface area (Å²) in [6.07, 6.45) is 3.25. The highest BCUT2D eigenvalue weighted by Gasteiger charge is 2.16. The highest BCUT2D eigenvalue weighted by atomic mass is 35.5. The second-order valence-electron chi connectivity index (χ2n) is 5.17. The molecule has 0 saturated heterocycles. The third kappa shape index (κ3) is 3.39. The molecule has 3 aromatic rings. The Kier molecular flexibility index (Phi) is 4.54. The Morgan fingerprint density at radius 1 is 1.20 bits per heavy atom. The molecule has 3 rings (SSSR count). The van der Waals surface area contributed by atoms with E-state index in [0.717, 1.165) is 17.2 Å². The van der Waals surface area contributed by atoms with Gasteiger partial charge in [0, 0.05) is 11.6 Å². The fourth-order valence-corrected chi connectivity index (χ4v) is 2.40. The van der Waals surface area contributed by atoms with Gasteiger partial charge in [-0.3, -0.25) is 9.79 Å². The number of carbonyl (C=O) groups is 1. The highest BCUT2D eigenvalue weighted by Crippen LogP contribution is 2.30. The van der Waals surface area contributed by atoms with Crippen molar-refractivity contribution in [3.8, 4) is 0 Å². The number of hydrogen-bond donors (Lipinski definition) is 1. The summed E-state index contributed by atoms with van der Waals surface area (Å²) in [6, 6.07) is 9.88. The third-order valence-electron chi connectivity index (χ3n) is 3.52. The van der Waals surface area contributed by atoms with Crippen LogP contribution in [0.5, 0.6) is 0 Å². The van der Waals surface area contributed by atoms with Gasteiger partial charge in [-0.1, -0.05) is 48.5 Å². The van der Waals surface area contributed by atoms with Crippen LogP contribution < -0.4 is 5.73 Å². The summed E-state index contributed by atoms with van der Waals surface area (Å²) in [5, 5.41) is 7.84. The molecule has 0 fully saturated rings. The maximum absolute atomic E-state index is 13.9. The van der Waals surface area contributed by atoms with Gasteiger partial charge in [-0.25, -0.2) is 4.39 Å². The van der Waals surface area contributed by atoms with E-state index in [2.05, 4.69) is 21.8 Å². The number of primary amides is 1. The van der Waals surface area contributed by atoms with Crippen LogP contribution in [-0.2, 0) is 0 Å². The zero-order valence-electron chi connectivity index (χ0n) is 12.9. The van der Waals surface area contributed by atoms with Gasteiger partial charge in [0.2, 0.25) is 0 Å². The fraction of sp³-hybridized carbons (Fsp3) is 0. The van der Waals surface area contributed by atoms with Gasteiger partial charge < -0.3 is 5.73 Å². The molecule has 0 aliphatic heterocycles. The topological polar surface area (TPSA) is 81.2 Å². The molecule has 0 aliphatic rings. The zero-order chi connectivity index (χ0) is 18.0. The van der Waals surface area contributed by atoms with E-state index in [1.807, 2.05) is 24.3 Å². The summed E-state index contributed by atoms with van der Waals surface area (Å²) in [7, 11) is 0. The first kappa shape index (κ1) is 16.7. The number of aliphatic imine (C=N–C) groups is 1. The van der Waals surface area contributed by atoms with Gasteiger partial charge in [-0.05, 0) is 23.3 Å². The van der Waals surface area contributed by atoms with Crippen molar-refractivity contribution in [2.24, 2.45) is 10.7 Å². The molecule has 1 heterocycles. The van der Waals surface area contributed by atoms with Crippen LogP contribution in [0.15, 0.2) is 48.0 Å². The van der Waals surface area contributed by atoms with Crippen LogP contribution in [0, 0.1) is 5.82 Å². The zero-order valence-corrected chi connectivity index (χ0v) is 13.7. The standard InChI is InChI=1S/C18H12ClFN4O/c1-2-10-3-5-11(6-4-10)9-22-16-12-7-14(20)13(19)8-15(12)23-24-17(16)18(21)25/h2-9H,1H2,(H2,21,25). The van der Waals surface area contributed by atoms with Gasteiger partial charge in [0.05, 0.1) is 10.5 Å². The second kappa shape index (κ2) is 6.78. The highest BCUT2D eigenvalue weighted by molar-refractivity contribution is 6.31. The van der Waals surface area contributed by atoms with Gasteiger partial charge in [-0.2, -0.15) is 0 Å². The number of hydrogen-bond acceptors (Lipinski definition) is 4. The first-order valence-electron chi connectivity index (χ1n) is 7.21. The van der Waals surface area contributed by atoms with Crippen LogP contribution in [0.3, 0.4) is 0 Å². The maximum atomic E-state index is 13.9. The van der Waals surface area contributed by atoms with Gasteiger partial charge in [0.25, 0.3) is 5.91 Å². The van der Waals surface area contributed by atoms with E-state index in [4.69, 9.17) is 17.3 Å². The molecule has 2 aromatic carbocycles. The normalized spacial score (nSPS) is 11.1. The molecule has 0 aliphatic carbocycles. The van der Waals surface area contributed by atoms with Crippen molar-refractivity contribution in [3.63, 3.8) is 0 Å². The lowest BCUT2D eigenvalue weighted by molar-refractivity contribution is 0.0995. The van der Waals surface area contributed by atoms with Crippen LogP contribution in [0.1, 0.15) is 21.6 Å². The number of nitrogens with zero attached hydrogens (tertiary/aromatic N) is 3.